The fourth-order valence-electron chi connectivity index (χ4n) is 1.57. The van der Waals surface area contributed by atoms with Crippen LogP contribution in [-0.4, -0.2) is 30.4 Å². The van der Waals surface area contributed by atoms with Gasteiger partial charge in [-0.25, -0.2) is 6.29 Å². The normalized spacial score (nSPS) is 17.0. The molecule has 0 heterocycles. The van der Waals surface area contributed by atoms with Crippen molar-refractivity contribution in [3.8, 4) is 0 Å². The molecule has 0 aromatic heterocycles. The predicted molar refractivity (Wildman–Crippen MR) is 83.2 cm³/mol. The van der Waals surface area contributed by atoms with E-state index in [0.29, 0.717) is 6.42 Å². The van der Waals surface area contributed by atoms with Gasteiger partial charge in [-0.15, -0.1) is 5.54 Å². The maximum atomic E-state index is 11.6. The summed E-state index contributed by atoms with van der Waals surface area (Å²) in [5, 5.41) is 5.94. The number of unbranched alkanes of at least 4 members (excludes halogenated alkanes) is 1. The summed E-state index contributed by atoms with van der Waals surface area (Å²) >= 11 is 0. The molecule has 1 radical (unpaired) electrons. The van der Waals surface area contributed by atoms with Crippen molar-refractivity contribution in [1.82, 2.24) is 10.4 Å². The first kappa shape index (κ1) is 28.1. The van der Waals surface area contributed by atoms with Crippen LogP contribution < -0.4 is 10.4 Å². The maximum Gasteiger partial charge on any atom is 2.00 e. The number of ether oxygens (including phenoxy) is 1. The third kappa shape index (κ3) is 8.95. The van der Waals surface area contributed by atoms with Crippen LogP contribution in [0.25, 0.3) is 0 Å². The van der Waals surface area contributed by atoms with Crippen LogP contribution >= 0.6 is 9.39 Å². The summed E-state index contributed by atoms with van der Waals surface area (Å²) in [5.41, 5.74) is -1.49. The van der Waals surface area contributed by atoms with E-state index in [1.165, 1.54) is 7.11 Å². The van der Waals surface area contributed by atoms with E-state index >= 15 is 0 Å². The zero-order chi connectivity index (χ0) is 15.8. The Morgan fingerprint density at radius 3 is 2.41 bits per heavy atom. The van der Waals surface area contributed by atoms with E-state index in [1.807, 2.05) is 19.8 Å². The topological polar surface area (TPSA) is 67.4 Å². The molecule has 0 spiro atoms. The Morgan fingerprint density at radius 1 is 1.50 bits per heavy atom. The van der Waals surface area contributed by atoms with Gasteiger partial charge in [-0.2, -0.15) is 12.3 Å². The van der Waals surface area contributed by atoms with Crippen molar-refractivity contribution < 1.29 is 68.1 Å². The number of nitrogens with one attached hydrogen (secondary N) is 2. The molecule has 0 aliphatic rings. The fourth-order valence-corrected chi connectivity index (χ4v) is 1.83. The van der Waals surface area contributed by atoms with Crippen LogP contribution in [0.4, 0.5) is 0 Å². The van der Waals surface area contributed by atoms with Crippen LogP contribution in [0.1, 0.15) is 40.0 Å². The Hall–Kier alpha value is 1.28. The standard InChI is InChI=1S/C14H26N2O3P.W.Y/c1-11(2)14(4,10-17)15-9-7-6-8-13(3,16-20)12(18)19-5;;/h9,11,15-16H,1,6-8,20H2,2-5H3;;/q-3;+2;. The van der Waals surface area contributed by atoms with Crippen LogP contribution in [0.5, 0.6) is 0 Å². The number of esters is 1. The first-order valence-electron chi connectivity index (χ1n) is 6.63. The Balaban J connectivity index is -0.00000180. The molecule has 0 saturated carbocycles. The molecule has 125 valence electrons. The molecule has 0 rings (SSSR count). The van der Waals surface area contributed by atoms with Crippen LogP contribution in [-0.2, 0) is 68.1 Å². The molecule has 4 atom stereocenters. The Bertz CT molecular complexity index is 337. The van der Waals surface area contributed by atoms with Gasteiger partial charge in [0.25, 0.3) is 0 Å². The van der Waals surface area contributed by atoms with Gasteiger partial charge >= 0.3 is 27.0 Å². The second kappa shape index (κ2) is 13.6. The van der Waals surface area contributed by atoms with E-state index in [4.69, 9.17) is 4.74 Å². The number of carbonyl (C=O) groups excluding carboxylic acids is 2. The van der Waals surface area contributed by atoms with Crippen LogP contribution in [0.15, 0.2) is 0 Å². The van der Waals surface area contributed by atoms with Crippen molar-refractivity contribution in [1.29, 1.82) is 0 Å². The molecule has 0 aromatic carbocycles. The number of rotatable bonds is 10. The predicted octanol–water partition coefficient (Wildman–Crippen LogP) is 1.55. The second-order valence-corrected chi connectivity index (χ2v) is 5.70. The van der Waals surface area contributed by atoms with Crippen molar-refractivity contribution in [2.75, 3.05) is 7.11 Å². The van der Waals surface area contributed by atoms with E-state index in [0.717, 1.165) is 12.8 Å². The van der Waals surface area contributed by atoms with Gasteiger partial charge in [0.1, 0.15) is 5.54 Å². The third-order valence-electron chi connectivity index (χ3n) is 3.58. The van der Waals surface area contributed by atoms with E-state index in [-0.39, 0.29) is 65.7 Å². The van der Waals surface area contributed by atoms with Crippen molar-refractivity contribution in [2.24, 2.45) is 5.92 Å². The van der Waals surface area contributed by atoms with E-state index in [1.54, 1.807) is 13.8 Å². The molecule has 0 fully saturated rings. The van der Waals surface area contributed by atoms with Gasteiger partial charge in [0.2, 0.25) is 0 Å². The van der Waals surface area contributed by atoms with E-state index in [2.05, 4.69) is 26.7 Å². The Morgan fingerprint density at radius 2 is 2.05 bits per heavy atom. The average molecular weight is 574 g/mol. The summed E-state index contributed by atoms with van der Waals surface area (Å²) in [6, 6.07) is 0. The summed E-state index contributed by atoms with van der Waals surface area (Å²) in [5.74, 6) is -0.386. The molecule has 0 aromatic rings. The molecule has 22 heavy (non-hydrogen) atoms. The molecular weight excluding hydrogens is 548 g/mol. The summed E-state index contributed by atoms with van der Waals surface area (Å²) in [6.07, 6.45) is 4.11. The summed E-state index contributed by atoms with van der Waals surface area (Å²) < 4.78 is 4.77. The molecule has 0 aliphatic heterocycles. The Kier molecular flexibility index (Phi) is 17.3. The summed E-state index contributed by atoms with van der Waals surface area (Å²) in [7, 11) is 3.72. The van der Waals surface area contributed by atoms with Gasteiger partial charge in [-0.1, -0.05) is 29.7 Å². The Labute approximate surface area is 176 Å². The third-order valence-corrected chi connectivity index (χ3v) is 4.22. The minimum atomic E-state index is -0.773. The molecule has 0 amide bonds. The smallest absolute Gasteiger partial charge is 0.540 e. The van der Waals surface area contributed by atoms with Gasteiger partial charge in [-0.3, -0.25) is 16.4 Å². The quantitative estimate of drug-likeness (QED) is 0.180. The zero-order valence-electron chi connectivity index (χ0n) is 13.8. The van der Waals surface area contributed by atoms with Crippen LogP contribution in [0.3, 0.4) is 0 Å². The van der Waals surface area contributed by atoms with Gasteiger partial charge in [-0.05, 0) is 13.3 Å². The number of hydrogen-bond donors (Lipinski definition) is 2. The summed E-state index contributed by atoms with van der Waals surface area (Å²) in [6.45, 7) is 11.1. The maximum absolute atomic E-state index is 11.6. The second-order valence-electron chi connectivity index (χ2n) is 5.41. The SMILES string of the molecule is [CH2-]C(C)C(C)([C-]=O)N[CH-]CCCC(C)(NP)C(=O)OC.[W+2].[Y]. The zero-order valence-corrected chi connectivity index (χ0v) is 20.7. The number of methoxy groups -OCH3 is 1. The van der Waals surface area contributed by atoms with Gasteiger partial charge in [0.15, 0.2) is 0 Å². The van der Waals surface area contributed by atoms with Crippen molar-refractivity contribution in [3.63, 3.8) is 0 Å². The van der Waals surface area contributed by atoms with Gasteiger partial charge in [0, 0.05) is 32.7 Å². The molecule has 0 aliphatic carbocycles. The monoisotopic (exact) mass is 574 g/mol. The first-order valence-corrected chi connectivity index (χ1v) is 7.21. The van der Waals surface area contributed by atoms with Crippen molar-refractivity contribution >= 4 is 21.6 Å². The van der Waals surface area contributed by atoms with E-state index < -0.39 is 11.1 Å². The first-order chi connectivity index (χ1) is 9.25. The van der Waals surface area contributed by atoms with Crippen LogP contribution in [0.2, 0.25) is 0 Å². The van der Waals surface area contributed by atoms with E-state index in [9.17, 15) is 9.59 Å². The van der Waals surface area contributed by atoms with Gasteiger partial charge in [0.05, 0.1) is 7.11 Å². The molecule has 4 unspecified atom stereocenters. The van der Waals surface area contributed by atoms with Crippen LogP contribution in [0, 0.1) is 19.4 Å². The molecule has 5 nitrogen and oxygen atoms in total. The fraction of sp³-hybridized carbons (Fsp3) is 0.714. The number of carbonyl (C=O) groups is 1. The molecule has 0 bridgehead atoms. The molecule has 0 saturated heterocycles. The molecule has 8 heteroatoms. The van der Waals surface area contributed by atoms with Crippen molar-refractivity contribution in [3.05, 3.63) is 13.5 Å². The minimum absolute atomic E-state index is 0. The molecule has 2 N–H and O–H groups in total. The summed E-state index contributed by atoms with van der Waals surface area (Å²) in [4.78, 5) is 22.6. The molecular formula is C14H26N2O3PWY-. The van der Waals surface area contributed by atoms with Crippen molar-refractivity contribution in [2.45, 2.75) is 51.1 Å². The average Bonchev–Trinajstić information content (AvgIpc) is 2.44. The number of hydrogen-bond acceptors (Lipinski definition) is 5. The van der Waals surface area contributed by atoms with Gasteiger partial charge < -0.3 is 21.8 Å². The largest absolute Gasteiger partial charge is 2.00 e. The minimum Gasteiger partial charge on any atom is -0.540 e.